The van der Waals surface area contributed by atoms with Crippen LogP contribution in [0.15, 0.2) is 0 Å². The third-order valence-corrected chi connectivity index (χ3v) is 3.70. The van der Waals surface area contributed by atoms with Crippen molar-refractivity contribution >= 4 is 0 Å². The van der Waals surface area contributed by atoms with E-state index in [1.165, 1.54) is 38.8 Å². The molecule has 1 saturated carbocycles. The molecule has 70 valence electrons. The van der Waals surface area contributed by atoms with Crippen molar-refractivity contribution in [3.63, 3.8) is 0 Å². The average Bonchev–Trinajstić information content (AvgIpc) is 2.66. The second-order valence-corrected chi connectivity index (χ2v) is 4.35. The Hall–Kier alpha value is -0.0800. The molecular formula is C10H19NO. The summed E-state index contributed by atoms with van der Waals surface area (Å²) in [5, 5.41) is 3.51. The number of ether oxygens (including phenoxy) is 1. The second-order valence-electron chi connectivity index (χ2n) is 4.35. The lowest BCUT2D eigenvalue weighted by Crippen LogP contribution is -2.29. The fourth-order valence-electron chi connectivity index (χ4n) is 2.96. The van der Waals surface area contributed by atoms with E-state index >= 15 is 0 Å². The van der Waals surface area contributed by atoms with Gasteiger partial charge in [-0.05, 0) is 18.3 Å². The average molecular weight is 169 g/mol. The van der Waals surface area contributed by atoms with Crippen molar-refractivity contribution in [3.05, 3.63) is 0 Å². The minimum Gasteiger partial charge on any atom is -0.384 e. The molecule has 1 aliphatic carbocycles. The number of hydrogen-bond acceptors (Lipinski definition) is 2. The summed E-state index contributed by atoms with van der Waals surface area (Å²) < 4.78 is 5.27. The van der Waals surface area contributed by atoms with Gasteiger partial charge in [0.25, 0.3) is 0 Å². The fraction of sp³-hybridized carbons (Fsp3) is 1.00. The van der Waals surface area contributed by atoms with E-state index < -0.39 is 0 Å². The fourth-order valence-corrected chi connectivity index (χ4v) is 2.96. The van der Waals surface area contributed by atoms with E-state index in [2.05, 4.69) is 5.32 Å². The van der Waals surface area contributed by atoms with Crippen LogP contribution in [-0.4, -0.2) is 26.8 Å². The lowest BCUT2D eigenvalue weighted by molar-refractivity contribution is 0.0968. The Balaban J connectivity index is 2.01. The van der Waals surface area contributed by atoms with Gasteiger partial charge < -0.3 is 10.1 Å². The van der Waals surface area contributed by atoms with Gasteiger partial charge in [0.1, 0.15) is 0 Å². The molecule has 0 unspecified atom stereocenters. The van der Waals surface area contributed by atoms with Gasteiger partial charge in [0.2, 0.25) is 0 Å². The maximum atomic E-state index is 5.27. The summed E-state index contributed by atoms with van der Waals surface area (Å²) in [6, 6.07) is 0. The first-order valence-electron chi connectivity index (χ1n) is 5.07. The lowest BCUT2D eigenvalue weighted by atomic mass is 9.77. The zero-order valence-corrected chi connectivity index (χ0v) is 7.94. The molecule has 1 spiro atoms. The molecule has 0 radical (unpaired) electrons. The third kappa shape index (κ3) is 1.27. The highest BCUT2D eigenvalue weighted by atomic mass is 16.5. The topological polar surface area (TPSA) is 21.3 Å². The van der Waals surface area contributed by atoms with Gasteiger partial charge in [0.15, 0.2) is 0 Å². The van der Waals surface area contributed by atoms with Crippen molar-refractivity contribution in [2.75, 3.05) is 26.8 Å². The molecule has 2 nitrogen and oxygen atoms in total. The van der Waals surface area contributed by atoms with Gasteiger partial charge in [-0.1, -0.05) is 12.8 Å². The first-order chi connectivity index (χ1) is 5.87. The lowest BCUT2D eigenvalue weighted by Gasteiger charge is -2.29. The van der Waals surface area contributed by atoms with Crippen LogP contribution in [0.3, 0.4) is 0 Å². The molecule has 0 aromatic rings. The predicted octanol–water partition coefficient (Wildman–Crippen LogP) is 1.41. The Kier molecular flexibility index (Phi) is 2.37. The largest absolute Gasteiger partial charge is 0.384 e. The van der Waals surface area contributed by atoms with Gasteiger partial charge in [-0.15, -0.1) is 0 Å². The Morgan fingerprint density at radius 3 is 2.83 bits per heavy atom. The van der Waals surface area contributed by atoms with Crippen LogP contribution in [-0.2, 0) is 4.74 Å². The van der Waals surface area contributed by atoms with Gasteiger partial charge >= 0.3 is 0 Å². The van der Waals surface area contributed by atoms with E-state index in [0.717, 1.165) is 12.5 Å². The SMILES string of the molecule is COC[C@H]1CNCC12CCCC2. The molecule has 2 rings (SSSR count). The highest BCUT2D eigenvalue weighted by molar-refractivity contribution is 4.97. The molecule has 0 aromatic heterocycles. The highest BCUT2D eigenvalue weighted by Gasteiger charge is 2.44. The number of nitrogens with one attached hydrogen (secondary N) is 1. The molecule has 1 N–H and O–H groups in total. The molecule has 0 amide bonds. The van der Waals surface area contributed by atoms with Gasteiger partial charge in [-0.2, -0.15) is 0 Å². The Labute approximate surface area is 74.7 Å². The van der Waals surface area contributed by atoms with Crippen molar-refractivity contribution in [2.24, 2.45) is 11.3 Å². The van der Waals surface area contributed by atoms with E-state index in [1.54, 1.807) is 0 Å². The summed E-state index contributed by atoms with van der Waals surface area (Å²) in [6.45, 7) is 3.36. The van der Waals surface area contributed by atoms with Crippen LogP contribution in [0.5, 0.6) is 0 Å². The quantitative estimate of drug-likeness (QED) is 0.675. The minimum atomic E-state index is 0.621. The summed E-state index contributed by atoms with van der Waals surface area (Å²) in [5.74, 6) is 0.782. The van der Waals surface area contributed by atoms with Crippen LogP contribution in [0.2, 0.25) is 0 Å². The van der Waals surface area contributed by atoms with Crippen molar-refractivity contribution < 1.29 is 4.74 Å². The van der Waals surface area contributed by atoms with E-state index in [0.29, 0.717) is 5.41 Å². The molecule has 1 atom stereocenters. The van der Waals surface area contributed by atoms with Gasteiger partial charge in [-0.3, -0.25) is 0 Å². The van der Waals surface area contributed by atoms with Crippen LogP contribution >= 0.6 is 0 Å². The van der Waals surface area contributed by atoms with Crippen LogP contribution < -0.4 is 5.32 Å². The summed E-state index contributed by atoms with van der Waals surface area (Å²) >= 11 is 0. The van der Waals surface area contributed by atoms with Crippen LogP contribution in [0.25, 0.3) is 0 Å². The number of rotatable bonds is 2. The molecule has 0 aromatic carbocycles. The van der Waals surface area contributed by atoms with Crippen LogP contribution in [0, 0.1) is 11.3 Å². The van der Waals surface area contributed by atoms with Crippen LogP contribution in [0.1, 0.15) is 25.7 Å². The molecule has 2 heteroatoms. The molecule has 12 heavy (non-hydrogen) atoms. The zero-order chi connectivity index (χ0) is 8.44. The van der Waals surface area contributed by atoms with Gasteiger partial charge in [0, 0.05) is 26.1 Å². The van der Waals surface area contributed by atoms with E-state index in [9.17, 15) is 0 Å². The minimum absolute atomic E-state index is 0.621. The van der Waals surface area contributed by atoms with Crippen molar-refractivity contribution in [1.29, 1.82) is 0 Å². The molecule has 0 bridgehead atoms. The molecule has 2 aliphatic rings. The van der Waals surface area contributed by atoms with E-state index in [4.69, 9.17) is 4.74 Å². The van der Waals surface area contributed by atoms with Gasteiger partial charge in [0.05, 0.1) is 6.61 Å². The number of methoxy groups -OCH3 is 1. The maximum absolute atomic E-state index is 5.27. The van der Waals surface area contributed by atoms with Crippen molar-refractivity contribution in [1.82, 2.24) is 5.32 Å². The molecule has 2 fully saturated rings. The summed E-state index contributed by atoms with van der Waals surface area (Å²) in [6.07, 6.45) is 5.71. The standard InChI is InChI=1S/C10H19NO/c1-12-7-9-6-11-8-10(9)4-2-3-5-10/h9,11H,2-8H2,1H3/t9-/m1/s1. The maximum Gasteiger partial charge on any atom is 0.0508 e. The Morgan fingerprint density at radius 1 is 1.42 bits per heavy atom. The van der Waals surface area contributed by atoms with Crippen LogP contribution in [0.4, 0.5) is 0 Å². The molecule has 1 heterocycles. The molecule has 1 saturated heterocycles. The first kappa shape index (κ1) is 8.52. The summed E-state index contributed by atoms with van der Waals surface area (Å²) in [5.41, 5.74) is 0.621. The smallest absolute Gasteiger partial charge is 0.0508 e. The Morgan fingerprint density at radius 2 is 2.17 bits per heavy atom. The van der Waals surface area contributed by atoms with Crippen molar-refractivity contribution in [2.45, 2.75) is 25.7 Å². The zero-order valence-electron chi connectivity index (χ0n) is 7.94. The summed E-state index contributed by atoms with van der Waals surface area (Å²) in [7, 11) is 1.82. The third-order valence-electron chi connectivity index (χ3n) is 3.70. The van der Waals surface area contributed by atoms with Gasteiger partial charge in [-0.25, -0.2) is 0 Å². The normalized spacial score (nSPS) is 33.2. The van der Waals surface area contributed by atoms with E-state index in [1.807, 2.05) is 7.11 Å². The molecular weight excluding hydrogens is 150 g/mol. The summed E-state index contributed by atoms with van der Waals surface area (Å²) in [4.78, 5) is 0. The number of hydrogen-bond donors (Lipinski definition) is 1. The predicted molar refractivity (Wildman–Crippen MR) is 49.1 cm³/mol. The second kappa shape index (κ2) is 3.35. The Bertz CT molecular complexity index is 146. The first-order valence-corrected chi connectivity index (χ1v) is 5.07. The highest BCUT2D eigenvalue weighted by Crippen LogP contribution is 2.46. The molecule has 1 aliphatic heterocycles. The monoisotopic (exact) mass is 169 g/mol. The van der Waals surface area contributed by atoms with Crippen molar-refractivity contribution in [3.8, 4) is 0 Å². The van der Waals surface area contributed by atoms with E-state index in [-0.39, 0.29) is 0 Å².